The number of ether oxygens (including phenoxy) is 2. The predicted octanol–water partition coefficient (Wildman–Crippen LogP) is 1.81. The van der Waals surface area contributed by atoms with Gasteiger partial charge in [-0.2, -0.15) is 0 Å². The molecule has 1 saturated heterocycles. The molecule has 1 fully saturated rings. The Balaban J connectivity index is 1.55. The van der Waals surface area contributed by atoms with E-state index in [1.807, 2.05) is 0 Å². The molecule has 0 spiro atoms. The van der Waals surface area contributed by atoms with Gasteiger partial charge in [-0.25, -0.2) is 0 Å². The molecule has 0 aromatic heterocycles. The summed E-state index contributed by atoms with van der Waals surface area (Å²) >= 11 is 0. The molecular weight excluding hydrogens is 264 g/mol. The highest BCUT2D eigenvalue weighted by molar-refractivity contribution is 5.48. The summed E-state index contributed by atoms with van der Waals surface area (Å²) in [6.45, 7) is 6.76. The quantitative estimate of drug-likeness (QED) is 0.826. The van der Waals surface area contributed by atoms with E-state index in [1.54, 1.807) is 7.11 Å². The molecule has 4 heteroatoms. The largest absolute Gasteiger partial charge is 0.496 e. The first-order valence-electron chi connectivity index (χ1n) is 8.00. The van der Waals surface area contributed by atoms with Gasteiger partial charge >= 0.3 is 0 Å². The van der Waals surface area contributed by atoms with Gasteiger partial charge in [0.05, 0.1) is 13.7 Å². The molecule has 2 aliphatic rings. The van der Waals surface area contributed by atoms with Crippen LogP contribution in [0, 0.1) is 0 Å². The zero-order valence-corrected chi connectivity index (χ0v) is 13.2. The van der Waals surface area contributed by atoms with Crippen molar-refractivity contribution in [1.29, 1.82) is 0 Å². The summed E-state index contributed by atoms with van der Waals surface area (Å²) in [5.41, 5.74) is 2.57. The summed E-state index contributed by atoms with van der Waals surface area (Å²) in [7, 11) is 3.97. The van der Waals surface area contributed by atoms with Crippen molar-refractivity contribution in [2.45, 2.75) is 19.3 Å². The van der Waals surface area contributed by atoms with Crippen molar-refractivity contribution in [2.24, 2.45) is 0 Å². The Hall–Kier alpha value is -1.26. The van der Waals surface area contributed by atoms with E-state index in [4.69, 9.17) is 9.47 Å². The van der Waals surface area contributed by atoms with Gasteiger partial charge in [0.2, 0.25) is 0 Å². The van der Waals surface area contributed by atoms with Crippen molar-refractivity contribution >= 4 is 0 Å². The second kappa shape index (κ2) is 6.67. The molecule has 3 rings (SSSR count). The normalized spacial score (nSPS) is 19.3. The van der Waals surface area contributed by atoms with Gasteiger partial charge < -0.3 is 19.3 Å². The summed E-state index contributed by atoms with van der Waals surface area (Å²) < 4.78 is 11.2. The molecule has 0 saturated carbocycles. The molecule has 0 aliphatic carbocycles. The number of hydrogen-bond acceptors (Lipinski definition) is 4. The molecule has 4 nitrogen and oxygen atoms in total. The Morgan fingerprint density at radius 1 is 1.19 bits per heavy atom. The van der Waals surface area contributed by atoms with Crippen LogP contribution >= 0.6 is 0 Å². The van der Waals surface area contributed by atoms with E-state index in [9.17, 15) is 0 Å². The molecule has 0 radical (unpaired) electrons. The minimum atomic E-state index is 0.809. The summed E-state index contributed by atoms with van der Waals surface area (Å²) in [5, 5.41) is 0. The zero-order chi connectivity index (χ0) is 14.7. The van der Waals surface area contributed by atoms with Crippen LogP contribution < -0.4 is 9.47 Å². The second-order valence-electron chi connectivity index (χ2n) is 6.12. The number of benzene rings is 1. The lowest BCUT2D eigenvalue weighted by molar-refractivity contribution is 0.153. The molecule has 1 aromatic carbocycles. The molecule has 116 valence electrons. The Bertz CT molecular complexity index is 482. The minimum absolute atomic E-state index is 0.809. The summed E-state index contributed by atoms with van der Waals surface area (Å²) in [6, 6.07) is 4.35. The lowest BCUT2D eigenvalue weighted by Gasteiger charge is -2.32. The van der Waals surface area contributed by atoms with Crippen LogP contribution in [-0.2, 0) is 12.8 Å². The third-order valence-corrected chi connectivity index (χ3v) is 4.61. The van der Waals surface area contributed by atoms with E-state index < -0.39 is 0 Å². The Kier molecular flexibility index (Phi) is 4.66. The van der Waals surface area contributed by atoms with Crippen molar-refractivity contribution in [3.63, 3.8) is 0 Å². The monoisotopic (exact) mass is 290 g/mol. The highest BCUT2D eigenvalue weighted by Crippen LogP contribution is 2.33. The van der Waals surface area contributed by atoms with Crippen LogP contribution in [0.25, 0.3) is 0 Å². The molecular formula is C17H26N2O2. The van der Waals surface area contributed by atoms with Gasteiger partial charge in [-0.15, -0.1) is 0 Å². The Labute approximate surface area is 127 Å². The van der Waals surface area contributed by atoms with Crippen LogP contribution in [0.3, 0.4) is 0 Å². The lowest BCUT2D eigenvalue weighted by Crippen LogP contribution is -2.44. The average Bonchev–Trinajstić information content (AvgIpc) is 2.95. The fourth-order valence-electron chi connectivity index (χ4n) is 3.19. The van der Waals surface area contributed by atoms with Crippen LogP contribution in [0.4, 0.5) is 0 Å². The van der Waals surface area contributed by atoms with Crippen LogP contribution in [0.2, 0.25) is 0 Å². The lowest BCUT2D eigenvalue weighted by atomic mass is 10.0. The number of nitrogens with zero attached hydrogens (tertiary/aromatic N) is 2. The number of methoxy groups -OCH3 is 1. The highest BCUT2D eigenvalue weighted by Gasteiger charge is 2.17. The summed E-state index contributed by atoms with van der Waals surface area (Å²) in [5.74, 6) is 2.09. The van der Waals surface area contributed by atoms with E-state index in [-0.39, 0.29) is 0 Å². The van der Waals surface area contributed by atoms with E-state index in [0.717, 1.165) is 30.9 Å². The van der Waals surface area contributed by atoms with Crippen molar-refractivity contribution in [3.05, 3.63) is 23.3 Å². The van der Waals surface area contributed by atoms with Crippen molar-refractivity contribution < 1.29 is 9.47 Å². The standard InChI is InChI=1S/C17H26N2O2/c1-18-7-9-19(10-8-18)6-3-4-14-13-17-15(5-11-21-17)12-16(14)20-2/h12-13H,3-11H2,1-2H3. The number of rotatable bonds is 5. The van der Waals surface area contributed by atoms with E-state index in [1.165, 1.54) is 50.3 Å². The van der Waals surface area contributed by atoms with Crippen LogP contribution in [0.1, 0.15) is 17.5 Å². The number of piperazine rings is 1. The molecule has 2 heterocycles. The van der Waals surface area contributed by atoms with E-state index in [2.05, 4.69) is 29.0 Å². The molecule has 21 heavy (non-hydrogen) atoms. The summed E-state index contributed by atoms with van der Waals surface area (Å²) in [4.78, 5) is 4.97. The second-order valence-corrected chi connectivity index (χ2v) is 6.12. The molecule has 0 unspecified atom stereocenters. The van der Waals surface area contributed by atoms with Gasteiger partial charge in [-0.05, 0) is 44.1 Å². The van der Waals surface area contributed by atoms with E-state index in [0.29, 0.717) is 0 Å². The smallest absolute Gasteiger partial charge is 0.123 e. The van der Waals surface area contributed by atoms with Crippen LogP contribution in [0.5, 0.6) is 11.5 Å². The fraction of sp³-hybridized carbons (Fsp3) is 0.647. The number of hydrogen-bond donors (Lipinski definition) is 0. The molecule has 2 aliphatic heterocycles. The number of likely N-dealkylation sites (N-methyl/N-ethyl adjacent to an activating group) is 1. The SMILES string of the molecule is COc1cc2c(cc1CCCN1CCN(C)CC1)OCC2. The molecule has 0 amide bonds. The van der Waals surface area contributed by atoms with Gasteiger partial charge in [0.15, 0.2) is 0 Å². The van der Waals surface area contributed by atoms with Crippen LogP contribution in [-0.4, -0.2) is 63.3 Å². The molecule has 1 aromatic rings. The van der Waals surface area contributed by atoms with Gasteiger partial charge in [-0.1, -0.05) is 0 Å². The maximum absolute atomic E-state index is 5.68. The average molecular weight is 290 g/mol. The third-order valence-electron chi connectivity index (χ3n) is 4.61. The fourth-order valence-corrected chi connectivity index (χ4v) is 3.19. The van der Waals surface area contributed by atoms with Gasteiger partial charge in [-0.3, -0.25) is 0 Å². The first-order valence-corrected chi connectivity index (χ1v) is 8.00. The molecule has 0 atom stereocenters. The van der Waals surface area contributed by atoms with Crippen molar-refractivity contribution in [1.82, 2.24) is 9.80 Å². The van der Waals surface area contributed by atoms with Crippen LogP contribution in [0.15, 0.2) is 12.1 Å². The molecule has 0 bridgehead atoms. The maximum atomic E-state index is 5.68. The van der Waals surface area contributed by atoms with Gasteiger partial charge in [0, 0.05) is 38.2 Å². The van der Waals surface area contributed by atoms with Gasteiger partial charge in [0.1, 0.15) is 11.5 Å². The van der Waals surface area contributed by atoms with E-state index >= 15 is 0 Å². The number of aryl methyl sites for hydroxylation is 1. The van der Waals surface area contributed by atoms with Gasteiger partial charge in [0.25, 0.3) is 0 Å². The Morgan fingerprint density at radius 2 is 2.00 bits per heavy atom. The zero-order valence-electron chi connectivity index (χ0n) is 13.2. The van der Waals surface area contributed by atoms with Crippen molar-refractivity contribution in [3.8, 4) is 11.5 Å². The minimum Gasteiger partial charge on any atom is -0.496 e. The summed E-state index contributed by atoms with van der Waals surface area (Å²) in [6.07, 6.45) is 3.25. The number of fused-ring (bicyclic) bond motifs is 1. The maximum Gasteiger partial charge on any atom is 0.123 e. The first-order chi connectivity index (χ1) is 10.3. The predicted molar refractivity (Wildman–Crippen MR) is 84.5 cm³/mol. The van der Waals surface area contributed by atoms with Crippen molar-refractivity contribution in [2.75, 3.05) is 53.5 Å². The first kappa shape index (κ1) is 14.7. The molecule has 0 N–H and O–H groups in total. The topological polar surface area (TPSA) is 24.9 Å². The highest BCUT2D eigenvalue weighted by atomic mass is 16.5. The Morgan fingerprint density at radius 3 is 2.76 bits per heavy atom. The third kappa shape index (κ3) is 3.50.